The van der Waals surface area contributed by atoms with Gasteiger partial charge in [0.2, 0.25) is 5.91 Å². The molecule has 2 aliphatic heterocycles. The molecule has 1 aromatic heterocycles. The summed E-state index contributed by atoms with van der Waals surface area (Å²) < 4.78 is 26.5. The molecule has 3 aliphatic rings. The summed E-state index contributed by atoms with van der Waals surface area (Å²) in [6.45, 7) is 3.73. The number of sulfonamides is 1. The van der Waals surface area contributed by atoms with Gasteiger partial charge in [0, 0.05) is 17.8 Å². The Morgan fingerprint density at radius 2 is 2.22 bits per heavy atom. The fourth-order valence-corrected chi connectivity index (χ4v) is 3.71. The maximum Gasteiger partial charge on any atom is 0.260 e. The van der Waals surface area contributed by atoms with Crippen LogP contribution in [0.4, 0.5) is 0 Å². The van der Waals surface area contributed by atoms with Gasteiger partial charge in [-0.3, -0.25) is 9.89 Å². The molecule has 0 atom stereocenters. The van der Waals surface area contributed by atoms with Crippen molar-refractivity contribution in [1.29, 1.82) is 0 Å². The molecule has 0 spiro atoms. The molecule has 8 heteroatoms. The highest BCUT2D eigenvalue weighted by Gasteiger charge is 2.57. The first-order valence-electron chi connectivity index (χ1n) is 5.47. The molecular weight excluding hydrogens is 256 g/mol. The number of allylic oxidation sites excluding steroid dienone is 1. The van der Waals surface area contributed by atoms with Gasteiger partial charge in [0.15, 0.2) is 5.03 Å². The summed E-state index contributed by atoms with van der Waals surface area (Å²) in [5.41, 5.74) is -0.371. The fourth-order valence-electron chi connectivity index (χ4n) is 2.42. The molecule has 4 rings (SSSR count). The van der Waals surface area contributed by atoms with Crippen LogP contribution in [0.1, 0.15) is 12.8 Å². The largest absolute Gasteiger partial charge is 0.328 e. The highest BCUT2D eigenvalue weighted by Crippen LogP contribution is 2.45. The monoisotopic (exact) mass is 268 g/mol. The van der Waals surface area contributed by atoms with Crippen molar-refractivity contribution in [1.82, 2.24) is 20.2 Å². The number of carbonyl (C=O) groups excluding carboxylic acids is 1. The van der Waals surface area contributed by atoms with Crippen molar-refractivity contribution >= 4 is 15.9 Å². The number of carbonyl (C=O) groups is 1. The summed E-state index contributed by atoms with van der Waals surface area (Å²) in [6.07, 6.45) is 2.33. The van der Waals surface area contributed by atoms with Crippen LogP contribution in [-0.2, 0) is 14.8 Å². The number of aromatic nitrogens is 2. The van der Waals surface area contributed by atoms with E-state index in [4.69, 9.17) is 0 Å². The minimum Gasteiger partial charge on any atom is -0.328 e. The van der Waals surface area contributed by atoms with E-state index in [9.17, 15) is 13.2 Å². The molecule has 0 aromatic carbocycles. The van der Waals surface area contributed by atoms with E-state index in [2.05, 4.69) is 26.8 Å². The van der Waals surface area contributed by atoms with E-state index in [1.54, 1.807) is 0 Å². The second kappa shape index (κ2) is 3.42. The maximum atomic E-state index is 12.0. The van der Waals surface area contributed by atoms with Crippen molar-refractivity contribution in [3.05, 3.63) is 24.5 Å². The smallest absolute Gasteiger partial charge is 0.260 e. The average Bonchev–Trinajstić information content (AvgIpc) is 2.73. The van der Waals surface area contributed by atoms with E-state index in [0.29, 0.717) is 18.5 Å². The Morgan fingerprint density at radius 3 is 2.78 bits per heavy atom. The van der Waals surface area contributed by atoms with Crippen LogP contribution in [0, 0.1) is 5.92 Å². The lowest BCUT2D eigenvalue weighted by Crippen LogP contribution is -2.70. The molecule has 3 N–H and O–H groups in total. The second-order valence-corrected chi connectivity index (χ2v) is 6.31. The zero-order chi connectivity index (χ0) is 13.0. The molecule has 1 amide bonds. The third kappa shape index (κ3) is 1.49. The number of aromatic amines is 1. The van der Waals surface area contributed by atoms with Crippen molar-refractivity contribution < 1.29 is 13.2 Å². The number of hydrogen-bond donors (Lipinski definition) is 3. The third-order valence-electron chi connectivity index (χ3n) is 3.47. The van der Waals surface area contributed by atoms with Gasteiger partial charge in [0.25, 0.3) is 10.0 Å². The highest BCUT2D eigenvalue weighted by atomic mass is 32.2. The molecule has 96 valence electrons. The lowest BCUT2D eigenvalue weighted by molar-refractivity contribution is -0.134. The zero-order valence-electron chi connectivity index (χ0n) is 9.43. The molecule has 2 saturated heterocycles. The first-order chi connectivity index (χ1) is 8.43. The number of fused-ring (bicyclic) bond motifs is 2. The summed E-state index contributed by atoms with van der Waals surface area (Å²) >= 11 is 0. The SMILES string of the molecule is C=C1NC(=O)C2(NS(=O)(=O)c3cc[nH]n3)CC1C2. The van der Waals surface area contributed by atoms with Gasteiger partial charge < -0.3 is 5.32 Å². The van der Waals surface area contributed by atoms with Gasteiger partial charge in [0.05, 0.1) is 0 Å². The van der Waals surface area contributed by atoms with Crippen molar-refractivity contribution in [2.45, 2.75) is 23.4 Å². The Bertz CT molecular complexity index is 614. The maximum absolute atomic E-state index is 12.0. The van der Waals surface area contributed by atoms with E-state index < -0.39 is 15.6 Å². The topological polar surface area (TPSA) is 104 Å². The Labute approximate surface area is 104 Å². The minimum absolute atomic E-state index is 0.113. The van der Waals surface area contributed by atoms with Crippen molar-refractivity contribution in [2.24, 2.45) is 5.92 Å². The van der Waals surface area contributed by atoms with Crippen LogP contribution in [0.2, 0.25) is 0 Å². The van der Waals surface area contributed by atoms with Crippen LogP contribution >= 0.6 is 0 Å². The molecule has 0 unspecified atom stereocenters. The number of rotatable bonds is 3. The molecule has 3 fully saturated rings. The van der Waals surface area contributed by atoms with Crippen molar-refractivity contribution in [2.75, 3.05) is 0 Å². The lowest BCUT2D eigenvalue weighted by Gasteiger charge is -2.51. The molecular formula is C10H12N4O3S. The van der Waals surface area contributed by atoms with E-state index in [-0.39, 0.29) is 16.9 Å². The third-order valence-corrected chi connectivity index (χ3v) is 4.91. The van der Waals surface area contributed by atoms with Crippen LogP contribution in [-0.4, -0.2) is 30.1 Å². The van der Waals surface area contributed by atoms with E-state index >= 15 is 0 Å². The van der Waals surface area contributed by atoms with Crippen LogP contribution in [0.5, 0.6) is 0 Å². The highest BCUT2D eigenvalue weighted by molar-refractivity contribution is 7.89. The van der Waals surface area contributed by atoms with E-state index in [0.717, 1.165) is 0 Å². The summed E-state index contributed by atoms with van der Waals surface area (Å²) in [7, 11) is -3.77. The molecule has 7 nitrogen and oxygen atoms in total. The number of piperidine rings is 2. The lowest BCUT2D eigenvalue weighted by atomic mass is 9.64. The van der Waals surface area contributed by atoms with E-state index in [1.165, 1.54) is 12.3 Å². The Hall–Kier alpha value is -1.67. The zero-order valence-corrected chi connectivity index (χ0v) is 10.3. The number of hydrogen-bond acceptors (Lipinski definition) is 4. The van der Waals surface area contributed by atoms with Gasteiger partial charge in [-0.05, 0) is 18.9 Å². The summed E-state index contributed by atoms with van der Waals surface area (Å²) in [5.74, 6) is -0.182. The van der Waals surface area contributed by atoms with Gasteiger partial charge in [-0.1, -0.05) is 6.58 Å². The number of nitrogens with one attached hydrogen (secondary N) is 3. The van der Waals surface area contributed by atoms with Crippen LogP contribution in [0.15, 0.2) is 29.6 Å². The predicted octanol–water partition coefficient (Wildman–Crippen LogP) is -0.520. The number of amides is 1. The Balaban J connectivity index is 1.87. The fraction of sp³-hybridized carbons (Fsp3) is 0.400. The van der Waals surface area contributed by atoms with Gasteiger partial charge in [-0.2, -0.15) is 9.82 Å². The van der Waals surface area contributed by atoms with Gasteiger partial charge in [-0.15, -0.1) is 0 Å². The molecule has 18 heavy (non-hydrogen) atoms. The van der Waals surface area contributed by atoms with Crippen molar-refractivity contribution in [3.63, 3.8) is 0 Å². The molecule has 2 bridgehead atoms. The number of nitrogens with zero attached hydrogens (tertiary/aromatic N) is 1. The van der Waals surface area contributed by atoms with Crippen LogP contribution in [0.25, 0.3) is 0 Å². The molecule has 1 aliphatic carbocycles. The number of H-pyrrole nitrogens is 1. The molecule has 3 heterocycles. The van der Waals surface area contributed by atoms with Gasteiger partial charge in [-0.25, -0.2) is 8.42 Å². The predicted molar refractivity (Wildman–Crippen MR) is 61.6 cm³/mol. The summed E-state index contributed by atoms with van der Waals surface area (Å²) in [5, 5.41) is 8.54. The van der Waals surface area contributed by atoms with Crippen LogP contribution in [0.3, 0.4) is 0 Å². The molecule has 1 aromatic rings. The second-order valence-electron chi connectivity index (χ2n) is 4.68. The van der Waals surface area contributed by atoms with Gasteiger partial charge >= 0.3 is 0 Å². The van der Waals surface area contributed by atoms with E-state index in [1.807, 2.05) is 0 Å². The quantitative estimate of drug-likeness (QED) is 0.686. The van der Waals surface area contributed by atoms with Gasteiger partial charge in [0.1, 0.15) is 5.54 Å². The Kier molecular flexibility index (Phi) is 2.17. The minimum atomic E-state index is -3.77. The normalized spacial score (nSPS) is 30.8. The van der Waals surface area contributed by atoms with Crippen molar-refractivity contribution in [3.8, 4) is 0 Å². The van der Waals surface area contributed by atoms with Crippen LogP contribution < -0.4 is 10.0 Å². The average molecular weight is 268 g/mol. The first-order valence-corrected chi connectivity index (χ1v) is 6.95. The first kappa shape index (κ1) is 11.4. The summed E-state index contributed by atoms with van der Waals surface area (Å²) in [6, 6.07) is 1.34. The molecule has 0 radical (unpaired) electrons. The Morgan fingerprint density at radius 1 is 1.50 bits per heavy atom. The molecule has 1 saturated carbocycles. The standard InChI is InChI=1S/C10H12N4O3S/c1-6-7-4-10(5-7,9(15)12-6)14-18(16,17)8-2-3-11-13-8/h2-3,7,14H,1,4-5H2,(H,11,13)(H,12,15). The summed E-state index contributed by atoms with van der Waals surface area (Å²) in [4.78, 5) is 11.9.